The number of nitrogens with two attached hydrogens (primary N) is 1. The van der Waals surface area contributed by atoms with E-state index >= 15 is 0 Å². The molecule has 0 saturated carbocycles. The highest BCUT2D eigenvalue weighted by Gasteiger charge is 2.18. The van der Waals surface area contributed by atoms with Crippen LogP contribution >= 0.6 is 23.2 Å². The normalized spacial score (nSPS) is 11.1. The summed E-state index contributed by atoms with van der Waals surface area (Å²) in [5, 5.41) is 2.91. The molecule has 0 bridgehead atoms. The lowest BCUT2D eigenvalue weighted by atomic mass is 10.3. The molecule has 0 aliphatic rings. The average molecular weight is 375 g/mol. The van der Waals surface area contributed by atoms with Gasteiger partial charge in [0.2, 0.25) is 5.91 Å². The molecule has 0 aliphatic carbocycles. The van der Waals surface area contributed by atoms with Gasteiger partial charge >= 0.3 is 10.1 Å². The van der Waals surface area contributed by atoms with Crippen molar-refractivity contribution in [2.45, 2.75) is 4.90 Å². The first-order valence-corrected chi connectivity index (χ1v) is 8.48. The summed E-state index contributed by atoms with van der Waals surface area (Å²) in [6.07, 6.45) is 0. The summed E-state index contributed by atoms with van der Waals surface area (Å²) in [5.74, 6) is -0.456. The number of halogens is 2. The van der Waals surface area contributed by atoms with Crippen molar-refractivity contribution in [2.24, 2.45) is 5.73 Å². The van der Waals surface area contributed by atoms with Gasteiger partial charge in [0.25, 0.3) is 0 Å². The number of hydrogen-bond donors (Lipinski definition) is 2. The van der Waals surface area contributed by atoms with Crippen LogP contribution in [0.25, 0.3) is 0 Å². The van der Waals surface area contributed by atoms with Crippen molar-refractivity contribution in [3.8, 4) is 5.75 Å². The fraction of sp³-hybridized carbons (Fsp3) is 0.0714. The maximum atomic E-state index is 12.2. The molecule has 0 unspecified atom stereocenters. The van der Waals surface area contributed by atoms with Crippen molar-refractivity contribution in [1.82, 2.24) is 0 Å². The minimum atomic E-state index is -4.08. The largest absolute Gasteiger partial charge is 0.377 e. The fourth-order valence-corrected chi connectivity index (χ4v) is 2.93. The van der Waals surface area contributed by atoms with E-state index in [9.17, 15) is 13.2 Å². The standard InChI is InChI=1S/C14H12Cl2N2O4S/c15-9-1-6-12(16)13(7-9)22-23(20,21)11-4-2-10(3-5-11)18-14(19)8-17/h1-7H,8,17H2,(H,18,19). The smallest absolute Gasteiger partial charge is 0.339 e. The quantitative estimate of drug-likeness (QED) is 0.783. The number of carbonyl (C=O) groups is 1. The van der Waals surface area contributed by atoms with Crippen molar-refractivity contribution >= 4 is 44.9 Å². The number of hydrogen-bond acceptors (Lipinski definition) is 5. The van der Waals surface area contributed by atoms with E-state index in [1.807, 2.05) is 0 Å². The van der Waals surface area contributed by atoms with Gasteiger partial charge in [-0.1, -0.05) is 23.2 Å². The Labute approximate surface area is 143 Å². The average Bonchev–Trinajstić information content (AvgIpc) is 2.51. The molecule has 0 fully saturated rings. The molecule has 0 spiro atoms. The highest BCUT2D eigenvalue weighted by molar-refractivity contribution is 7.87. The number of amides is 1. The Bertz CT molecular complexity index is 823. The Kier molecular flexibility index (Phi) is 5.48. The predicted molar refractivity (Wildman–Crippen MR) is 88.4 cm³/mol. The Morgan fingerprint density at radius 1 is 1.13 bits per heavy atom. The summed E-state index contributed by atoms with van der Waals surface area (Å²) in [6.45, 7) is -0.170. The second kappa shape index (κ2) is 7.18. The number of nitrogens with one attached hydrogen (secondary N) is 1. The zero-order valence-corrected chi connectivity index (χ0v) is 14.0. The molecule has 0 aliphatic heterocycles. The van der Waals surface area contributed by atoms with E-state index in [1.54, 1.807) is 0 Å². The SMILES string of the molecule is NCC(=O)Nc1ccc(S(=O)(=O)Oc2cc(Cl)ccc2Cl)cc1. The van der Waals surface area contributed by atoms with Crippen molar-refractivity contribution in [3.05, 3.63) is 52.5 Å². The minimum absolute atomic E-state index is 0.0697. The fourth-order valence-electron chi connectivity index (χ4n) is 1.62. The lowest BCUT2D eigenvalue weighted by molar-refractivity contribution is -0.114. The molecular formula is C14H12Cl2N2O4S. The van der Waals surface area contributed by atoms with Crippen LogP contribution in [0, 0.1) is 0 Å². The summed E-state index contributed by atoms with van der Waals surface area (Å²) in [7, 11) is -4.08. The van der Waals surface area contributed by atoms with Crippen molar-refractivity contribution < 1.29 is 17.4 Å². The van der Waals surface area contributed by atoms with E-state index in [4.69, 9.17) is 33.1 Å². The molecule has 0 atom stereocenters. The van der Waals surface area contributed by atoms with Crippen LogP contribution in [0.5, 0.6) is 5.75 Å². The van der Waals surface area contributed by atoms with Crippen LogP contribution in [0.3, 0.4) is 0 Å². The minimum Gasteiger partial charge on any atom is -0.377 e. The van der Waals surface area contributed by atoms with E-state index in [1.165, 1.54) is 42.5 Å². The molecular weight excluding hydrogens is 363 g/mol. The van der Waals surface area contributed by atoms with E-state index < -0.39 is 10.1 Å². The third-order valence-corrected chi connectivity index (χ3v) is 4.50. The van der Waals surface area contributed by atoms with Crippen LogP contribution in [0.1, 0.15) is 0 Å². The zero-order chi connectivity index (χ0) is 17.0. The van der Waals surface area contributed by atoms with Crippen LogP contribution in [0.2, 0.25) is 10.0 Å². The van der Waals surface area contributed by atoms with Crippen molar-refractivity contribution in [2.75, 3.05) is 11.9 Å². The molecule has 3 N–H and O–H groups in total. The molecule has 2 aromatic carbocycles. The van der Waals surface area contributed by atoms with Crippen molar-refractivity contribution in [1.29, 1.82) is 0 Å². The molecule has 6 nitrogen and oxygen atoms in total. The number of rotatable bonds is 5. The van der Waals surface area contributed by atoms with Gasteiger partial charge in [-0.15, -0.1) is 0 Å². The number of carbonyl (C=O) groups excluding carboxylic acids is 1. The maximum Gasteiger partial charge on any atom is 0.339 e. The molecule has 0 radical (unpaired) electrons. The number of benzene rings is 2. The van der Waals surface area contributed by atoms with Gasteiger partial charge in [0, 0.05) is 16.8 Å². The Balaban J connectivity index is 2.22. The van der Waals surface area contributed by atoms with Gasteiger partial charge in [0.1, 0.15) is 4.90 Å². The second-order valence-electron chi connectivity index (χ2n) is 4.39. The van der Waals surface area contributed by atoms with Gasteiger partial charge in [0.05, 0.1) is 11.6 Å². The lowest BCUT2D eigenvalue weighted by Gasteiger charge is -2.09. The van der Waals surface area contributed by atoms with E-state index in [0.717, 1.165) is 0 Å². The second-order valence-corrected chi connectivity index (χ2v) is 6.78. The van der Waals surface area contributed by atoms with Crippen LogP contribution in [-0.2, 0) is 14.9 Å². The van der Waals surface area contributed by atoms with Gasteiger partial charge in [-0.3, -0.25) is 4.79 Å². The molecule has 9 heteroatoms. The summed E-state index contributed by atoms with van der Waals surface area (Å²) < 4.78 is 29.4. The monoisotopic (exact) mass is 374 g/mol. The van der Waals surface area contributed by atoms with Crippen LogP contribution in [0.15, 0.2) is 47.4 Å². The maximum absolute atomic E-state index is 12.2. The molecule has 23 heavy (non-hydrogen) atoms. The van der Waals surface area contributed by atoms with Gasteiger partial charge in [-0.2, -0.15) is 8.42 Å². The third-order valence-electron chi connectivity index (χ3n) is 2.70. The summed E-state index contributed by atoms with van der Waals surface area (Å²) in [6, 6.07) is 9.67. The van der Waals surface area contributed by atoms with Gasteiger partial charge in [-0.05, 0) is 36.4 Å². The molecule has 0 heterocycles. The van der Waals surface area contributed by atoms with Crippen LogP contribution < -0.4 is 15.2 Å². The van der Waals surface area contributed by atoms with Gasteiger partial charge in [0.15, 0.2) is 5.75 Å². The Hall–Kier alpha value is -1.80. The molecule has 2 aromatic rings. The van der Waals surface area contributed by atoms with Crippen LogP contribution in [0.4, 0.5) is 5.69 Å². The zero-order valence-electron chi connectivity index (χ0n) is 11.6. The van der Waals surface area contributed by atoms with E-state index in [-0.39, 0.29) is 28.1 Å². The first kappa shape index (κ1) is 17.6. The van der Waals surface area contributed by atoms with Gasteiger partial charge < -0.3 is 15.2 Å². The molecule has 1 amide bonds. The summed E-state index contributed by atoms with van der Waals surface area (Å²) >= 11 is 11.7. The third kappa shape index (κ3) is 4.59. The van der Waals surface area contributed by atoms with Crippen molar-refractivity contribution in [3.63, 3.8) is 0 Å². The van der Waals surface area contributed by atoms with Crippen LogP contribution in [-0.4, -0.2) is 20.9 Å². The van der Waals surface area contributed by atoms with E-state index in [2.05, 4.69) is 5.32 Å². The Morgan fingerprint density at radius 3 is 2.39 bits per heavy atom. The first-order valence-electron chi connectivity index (χ1n) is 6.31. The first-order chi connectivity index (χ1) is 10.8. The number of anilines is 1. The molecule has 0 saturated heterocycles. The molecule has 2 rings (SSSR count). The molecule has 0 aromatic heterocycles. The predicted octanol–water partition coefficient (Wildman–Crippen LogP) is 2.66. The Morgan fingerprint density at radius 2 is 1.78 bits per heavy atom. The summed E-state index contributed by atoms with van der Waals surface area (Å²) in [4.78, 5) is 11.1. The highest BCUT2D eigenvalue weighted by Crippen LogP contribution is 2.30. The summed E-state index contributed by atoms with van der Waals surface area (Å²) in [5.41, 5.74) is 5.60. The van der Waals surface area contributed by atoms with E-state index in [0.29, 0.717) is 10.7 Å². The highest BCUT2D eigenvalue weighted by atomic mass is 35.5. The van der Waals surface area contributed by atoms with Gasteiger partial charge in [-0.25, -0.2) is 0 Å². The lowest BCUT2D eigenvalue weighted by Crippen LogP contribution is -2.21. The molecule has 122 valence electrons. The topological polar surface area (TPSA) is 98.5 Å².